The van der Waals surface area contributed by atoms with Crippen LogP contribution in [0.2, 0.25) is 0 Å². The smallest absolute Gasteiger partial charge is 0.306 e. The van der Waals surface area contributed by atoms with Crippen LogP contribution in [0.3, 0.4) is 0 Å². The molecule has 6 heteroatoms. The number of carbonyl (C=O) groups excluding carboxylic acids is 3. The zero-order valence-corrected chi connectivity index (χ0v) is 53.1. The van der Waals surface area contributed by atoms with Gasteiger partial charge in [-0.2, -0.15) is 0 Å². The van der Waals surface area contributed by atoms with Crippen molar-refractivity contribution in [2.75, 3.05) is 13.2 Å². The number of ether oxygens (including phenoxy) is 3. The van der Waals surface area contributed by atoms with Gasteiger partial charge >= 0.3 is 17.9 Å². The van der Waals surface area contributed by atoms with Crippen LogP contribution in [-0.2, 0) is 28.6 Å². The topological polar surface area (TPSA) is 78.9 Å². The molecule has 0 rings (SSSR count). The van der Waals surface area contributed by atoms with E-state index in [4.69, 9.17) is 14.2 Å². The van der Waals surface area contributed by atoms with Gasteiger partial charge in [-0.1, -0.05) is 280 Å². The molecule has 6 nitrogen and oxygen atoms in total. The first kappa shape index (κ1) is 77.5. The van der Waals surface area contributed by atoms with E-state index >= 15 is 0 Å². The lowest BCUT2D eigenvalue weighted by atomic mass is 10.1. The molecule has 0 radical (unpaired) electrons. The molecule has 0 aliphatic carbocycles. The Labute approximate surface area is 510 Å². The molecule has 0 saturated heterocycles. The Balaban J connectivity index is 4.41. The fourth-order valence-corrected chi connectivity index (χ4v) is 8.48. The molecular formula is C77H120O6. The summed E-state index contributed by atoms with van der Waals surface area (Å²) in [5.74, 6) is -1.03. The summed E-state index contributed by atoms with van der Waals surface area (Å²) in [6, 6.07) is 0. The maximum absolute atomic E-state index is 12.9. The van der Waals surface area contributed by atoms with Crippen molar-refractivity contribution in [2.24, 2.45) is 0 Å². The third-order valence-electron chi connectivity index (χ3n) is 13.4. The van der Waals surface area contributed by atoms with Gasteiger partial charge in [0, 0.05) is 19.3 Å². The van der Waals surface area contributed by atoms with Crippen molar-refractivity contribution in [2.45, 2.75) is 271 Å². The van der Waals surface area contributed by atoms with Crippen LogP contribution in [0.5, 0.6) is 0 Å². The molecule has 0 aliphatic rings. The summed E-state index contributed by atoms with van der Waals surface area (Å²) < 4.78 is 16.8. The highest BCUT2D eigenvalue weighted by molar-refractivity contribution is 5.71. The quantitative estimate of drug-likeness (QED) is 0.0261. The molecule has 0 aliphatic heterocycles. The van der Waals surface area contributed by atoms with Crippen molar-refractivity contribution in [3.05, 3.63) is 182 Å². The fraction of sp³-hybridized carbons (Fsp3) is 0.571. The third-order valence-corrected chi connectivity index (χ3v) is 13.4. The molecule has 0 N–H and O–H groups in total. The van der Waals surface area contributed by atoms with Crippen molar-refractivity contribution in [1.29, 1.82) is 0 Å². The molecule has 1 atom stereocenters. The lowest BCUT2D eigenvalue weighted by Crippen LogP contribution is -2.30. The van der Waals surface area contributed by atoms with E-state index in [2.05, 4.69) is 191 Å². The fourth-order valence-electron chi connectivity index (χ4n) is 8.48. The Morgan fingerprint density at radius 1 is 0.253 bits per heavy atom. The van der Waals surface area contributed by atoms with E-state index in [0.29, 0.717) is 19.3 Å². The lowest BCUT2D eigenvalue weighted by Gasteiger charge is -2.18. The molecule has 0 fully saturated rings. The van der Waals surface area contributed by atoms with Gasteiger partial charge in [0.05, 0.1) is 0 Å². The van der Waals surface area contributed by atoms with E-state index in [-0.39, 0.29) is 37.5 Å². The zero-order chi connectivity index (χ0) is 59.9. The van der Waals surface area contributed by atoms with Crippen LogP contribution < -0.4 is 0 Å². The predicted octanol–water partition coefficient (Wildman–Crippen LogP) is 23.2. The SMILES string of the molecule is CC/C=C\C/C=C\C/C=C\C/C=C\C/C=C\C/C=C\C/C=C\C/C=C\C/C=C\CCCCCCCC(=O)OCC(COC(=O)CC/C=C\C/C=C\C/C=C\C/C=C\CC)OC(=O)CCCCCCCCCCC/C=C\C/C=C\CCCCC. The molecule has 1 unspecified atom stereocenters. The van der Waals surface area contributed by atoms with Gasteiger partial charge in [0.15, 0.2) is 6.10 Å². The zero-order valence-electron chi connectivity index (χ0n) is 53.1. The molecule has 0 aromatic heterocycles. The van der Waals surface area contributed by atoms with Gasteiger partial charge in [0.25, 0.3) is 0 Å². The standard InChI is InChI=1S/C77H120O6/c1-4-7-10-13-16-19-22-25-27-29-31-32-33-34-35-36-37-38-39-40-41-42-43-44-46-47-49-52-55-58-61-64-67-70-76(79)82-73-74(72-81-75(78)69-66-63-60-57-54-51-24-21-18-15-12-9-6-3)83-77(80)71-68-65-62-59-56-53-50-48-45-30-28-26-23-20-17-14-11-8-5-2/h7,9-10,12,16-21,25-28,31-32,34-35,37-38,40-41,43-44,47,49,51,54,60,63,74H,4-6,8,11,13-15,22-24,29-30,33,36,39,42,45-46,48,50,52-53,55-59,61-62,64-73H2,1-3H3/b10-7-,12-9-,19-16-,20-17-,21-18-,27-25-,28-26-,32-31-,35-34-,38-37-,41-40-,44-43-,49-47-,54-51-,63-60-. The Kier molecular flexibility index (Phi) is 64.4. The molecule has 83 heavy (non-hydrogen) atoms. The van der Waals surface area contributed by atoms with Gasteiger partial charge in [-0.3, -0.25) is 14.4 Å². The number of esters is 3. The Morgan fingerprint density at radius 3 is 0.807 bits per heavy atom. The molecule has 0 aromatic rings. The van der Waals surface area contributed by atoms with E-state index in [1.807, 2.05) is 12.2 Å². The van der Waals surface area contributed by atoms with Gasteiger partial charge in [-0.05, 0) is 148 Å². The second-order valence-corrected chi connectivity index (χ2v) is 21.3. The first-order chi connectivity index (χ1) is 41.0. The normalized spacial score (nSPS) is 13.3. The number of hydrogen-bond donors (Lipinski definition) is 0. The predicted molar refractivity (Wildman–Crippen MR) is 361 cm³/mol. The number of carbonyl (C=O) groups is 3. The Morgan fingerprint density at radius 2 is 0.494 bits per heavy atom. The van der Waals surface area contributed by atoms with Crippen LogP contribution in [0.1, 0.15) is 265 Å². The van der Waals surface area contributed by atoms with Crippen molar-refractivity contribution >= 4 is 17.9 Å². The third kappa shape index (κ3) is 67.2. The van der Waals surface area contributed by atoms with Crippen LogP contribution >= 0.6 is 0 Å². The molecule has 0 bridgehead atoms. The Hall–Kier alpha value is -5.49. The summed E-state index contributed by atoms with van der Waals surface area (Å²) in [7, 11) is 0. The second kappa shape index (κ2) is 69.0. The van der Waals surface area contributed by atoms with Crippen molar-refractivity contribution in [3.63, 3.8) is 0 Å². The highest BCUT2D eigenvalue weighted by Gasteiger charge is 2.19. The molecule has 0 spiro atoms. The molecule has 0 aromatic carbocycles. The van der Waals surface area contributed by atoms with E-state index < -0.39 is 6.10 Å². The monoisotopic (exact) mass is 1140 g/mol. The van der Waals surface area contributed by atoms with Crippen molar-refractivity contribution in [1.82, 2.24) is 0 Å². The largest absolute Gasteiger partial charge is 0.462 e. The maximum Gasteiger partial charge on any atom is 0.306 e. The van der Waals surface area contributed by atoms with Crippen molar-refractivity contribution in [3.8, 4) is 0 Å². The molecule has 0 saturated carbocycles. The summed E-state index contributed by atoms with van der Waals surface area (Å²) in [4.78, 5) is 38.3. The van der Waals surface area contributed by atoms with Gasteiger partial charge < -0.3 is 14.2 Å². The highest BCUT2D eigenvalue weighted by Crippen LogP contribution is 2.14. The van der Waals surface area contributed by atoms with Gasteiger partial charge in [-0.15, -0.1) is 0 Å². The maximum atomic E-state index is 12.9. The Bertz CT molecular complexity index is 1940. The minimum atomic E-state index is -0.828. The minimum Gasteiger partial charge on any atom is -0.462 e. The van der Waals surface area contributed by atoms with Crippen LogP contribution in [0.15, 0.2) is 182 Å². The minimum absolute atomic E-state index is 0.120. The summed E-state index contributed by atoms with van der Waals surface area (Å²) >= 11 is 0. The first-order valence-corrected chi connectivity index (χ1v) is 33.3. The van der Waals surface area contributed by atoms with Crippen LogP contribution in [0.4, 0.5) is 0 Å². The summed E-state index contributed by atoms with van der Waals surface area (Å²) in [6.45, 7) is 6.29. The van der Waals surface area contributed by atoms with Crippen molar-refractivity contribution < 1.29 is 28.6 Å². The van der Waals surface area contributed by atoms with Gasteiger partial charge in [-0.25, -0.2) is 0 Å². The molecule has 0 amide bonds. The number of unbranched alkanes of at least 4 members (excludes halogenated alkanes) is 17. The number of rotatable bonds is 58. The lowest BCUT2D eigenvalue weighted by molar-refractivity contribution is -0.166. The van der Waals surface area contributed by atoms with Gasteiger partial charge in [0.2, 0.25) is 0 Å². The average Bonchev–Trinajstić information content (AvgIpc) is 3.49. The number of allylic oxidation sites excluding steroid dienone is 30. The van der Waals surface area contributed by atoms with Crippen LogP contribution in [0.25, 0.3) is 0 Å². The van der Waals surface area contributed by atoms with E-state index in [0.717, 1.165) is 148 Å². The second-order valence-electron chi connectivity index (χ2n) is 21.3. The molecule has 464 valence electrons. The van der Waals surface area contributed by atoms with Gasteiger partial charge in [0.1, 0.15) is 13.2 Å². The van der Waals surface area contributed by atoms with E-state index in [9.17, 15) is 14.4 Å². The highest BCUT2D eigenvalue weighted by atomic mass is 16.6. The molecular weight excluding hydrogens is 1020 g/mol. The van der Waals surface area contributed by atoms with Crippen LogP contribution in [0, 0.1) is 0 Å². The number of hydrogen-bond acceptors (Lipinski definition) is 6. The van der Waals surface area contributed by atoms with E-state index in [1.165, 1.54) is 70.6 Å². The first-order valence-electron chi connectivity index (χ1n) is 33.3. The van der Waals surface area contributed by atoms with E-state index in [1.54, 1.807) is 0 Å². The average molecular weight is 1140 g/mol. The molecule has 0 heterocycles. The van der Waals surface area contributed by atoms with Crippen LogP contribution in [-0.4, -0.2) is 37.2 Å². The summed E-state index contributed by atoms with van der Waals surface area (Å²) in [6.07, 6.45) is 103. The summed E-state index contributed by atoms with van der Waals surface area (Å²) in [5, 5.41) is 0. The summed E-state index contributed by atoms with van der Waals surface area (Å²) in [5.41, 5.74) is 0.